The molecule has 0 aromatic heterocycles. The number of carbonyl (C=O) groups excluding carboxylic acids is 1. The minimum Gasteiger partial charge on any atom is -0.481 e. The van der Waals surface area contributed by atoms with Crippen molar-refractivity contribution < 1.29 is 19.4 Å². The van der Waals surface area contributed by atoms with Crippen LogP contribution in [0.1, 0.15) is 39.5 Å². The van der Waals surface area contributed by atoms with Crippen molar-refractivity contribution in [1.82, 2.24) is 5.32 Å². The summed E-state index contributed by atoms with van der Waals surface area (Å²) in [5.74, 6) is -0.505. The standard InChI is InChI=1S/C12H23NO4/c1-9(2)10(17-3)8-13-11(14)6-4-5-7-12(15)16/h9-10H,4-8H2,1-3H3,(H,13,14)(H,15,16). The van der Waals surface area contributed by atoms with E-state index >= 15 is 0 Å². The zero-order valence-electron chi connectivity index (χ0n) is 10.9. The molecule has 2 N–H and O–H groups in total. The van der Waals surface area contributed by atoms with E-state index < -0.39 is 5.97 Å². The number of carboxylic acids is 1. The third-order valence-corrected chi connectivity index (χ3v) is 2.59. The Morgan fingerprint density at radius 2 is 1.82 bits per heavy atom. The molecule has 1 amide bonds. The molecule has 0 spiro atoms. The first-order valence-electron chi connectivity index (χ1n) is 5.98. The Labute approximate surface area is 103 Å². The lowest BCUT2D eigenvalue weighted by molar-refractivity contribution is -0.137. The van der Waals surface area contributed by atoms with Crippen LogP contribution in [0.4, 0.5) is 0 Å². The molecule has 0 aliphatic carbocycles. The number of methoxy groups -OCH3 is 1. The van der Waals surface area contributed by atoms with Crippen LogP contribution in [-0.4, -0.2) is 36.7 Å². The van der Waals surface area contributed by atoms with Gasteiger partial charge < -0.3 is 15.2 Å². The Morgan fingerprint density at radius 1 is 1.24 bits per heavy atom. The molecule has 0 heterocycles. The van der Waals surface area contributed by atoms with Crippen LogP contribution in [0.25, 0.3) is 0 Å². The van der Waals surface area contributed by atoms with Gasteiger partial charge in [-0.3, -0.25) is 9.59 Å². The second-order valence-corrected chi connectivity index (χ2v) is 4.42. The van der Waals surface area contributed by atoms with E-state index in [1.807, 2.05) is 13.8 Å². The molecule has 0 rings (SSSR count). The minimum atomic E-state index is -0.815. The molecule has 17 heavy (non-hydrogen) atoms. The van der Waals surface area contributed by atoms with Gasteiger partial charge in [-0.2, -0.15) is 0 Å². The lowest BCUT2D eigenvalue weighted by Crippen LogP contribution is -2.35. The third kappa shape index (κ3) is 8.68. The molecule has 0 fully saturated rings. The highest BCUT2D eigenvalue weighted by Gasteiger charge is 2.13. The van der Waals surface area contributed by atoms with Gasteiger partial charge in [-0.05, 0) is 18.8 Å². The monoisotopic (exact) mass is 245 g/mol. The Morgan fingerprint density at radius 3 is 2.29 bits per heavy atom. The number of aliphatic carboxylic acids is 1. The number of ether oxygens (including phenoxy) is 1. The molecule has 0 bridgehead atoms. The van der Waals surface area contributed by atoms with Gasteiger partial charge in [0.2, 0.25) is 5.91 Å². The van der Waals surface area contributed by atoms with Crippen LogP contribution in [0.3, 0.4) is 0 Å². The predicted molar refractivity (Wildman–Crippen MR) is 64.7 cm³/mol. The van der Waals surface area contributed by atoms with Crippen molar-refractivity contribution in [3.05, 3.63) is 0 Å². The first kappa shape index (κ1) is 15.9. The van der Waals surface area contributed by atoms with Gasteiger partial charge in [-0.15, -0.1) is 0 Å². The van der Waals surface area contributed by atoms with Crippen molar-refractivity contribution in [3.8, 4) is 0 Å². The normalized spacial score (nSPS) is 12.5. The van der Waals surface area contributed by atoms with Crippen LogP contribution in [-0.2, 0) is 14.3 Å². The highest BCUT2D eigenvalue weighted by molar-refractivity contribution is 5.75. The Hall–Kier alpha value is -1.10. The molecule has 0 aliphatic rings. The van der Waals surface area contributed by atoms with Gasteiger partial charge in [0.1, 0.15) is 0 Å². The van der Waals surface area contributed by atoms with Crippen molar-refractivity contribution in [3.63, 3.8) is 0 Å². The van der Waals surface area contributed by atoms with Gasteiger partial charge in [0.05, 0.1) is 6.10 Å². The zero-order chi connectivity index (χ0) is 13.3. The zero-order valence-corrected chi connectivity index (χ0v) is 10.9. The molecule has 5 heteroatoms. The van der Waals surface area contributed by atoms with E-state index in [0.29, 0.717) is 31.7 Å². The van der Waals surface area contributed by atoms with Gasteiger partial charge in [-0.1, -0.05) is 13.8 Å². The molecule has 0 aromatic carbocycles. The first-order valence-corrected chi connectivity index (χ1v) is 5.98. The molecular weight excluding hydrogens is 222 g/mol. The molecule has 1 unspecified atom stereocenters. The van der Waals surface area contributed by atoms with Crippen LogP contribution in [0, 0.1) is 5.92 Å². The second kappa shape index (κ2) is 8.98. The third-order valence-electron chi connectivity index (χ3n) is 2.59. The predicted octanol–water partition coefficient (Wildman–Crippen LogP) is 1.42. The Bertz CT molecular complexity index is 241. The molecule has 0 aromatic rings. The SMILES string of the molecule is COC(CNC(=O)CCCCC(=O)O)C(C)C. The summed E-state index contributed by atoms with van der Waals surface area (Å²) in [5, 5.41) is 11.2. The van der Waals surface area contributed by atoms with Crippen molar-refractivity contribution in [2.24, 2.45) is 5.92 Å². The number of carboxylic acid groups (broad SMARTS) is 1. The molecule has 0 radical (unpaired) electrons. The van der Waals surface area contributed by atoms with Gasteiger partial charge >= 0.3 is 5.97 Å². The number of hydrogen-bond donors (Lipinski definition) is 2. The number of unbranched alkanes of at least 4 members (excludes halogenated alkanes) is 1. The van der Waals surface area contributed by atoms with Crippen molar-refractivity contribution in [1.29, 1.82) is 0 Å². The highest BCUT2D eigenvalue weighted by atomic mass is 16.5. The maximum Gasteiger partial charge on any atom is 0.303 e. The maximum atomic E-state index is 11.4. The second-order valence-electron chi connectivity index (χ2n) is 4.42. The fraction of sp³-hybridized carbons (Fsp3) is 0.833. The van der Waals surface area contributed by atoms with Crippen LogP contribution < -0.4 is 5.32 Å². The van der Waals surface area contributed by atoms with Gasteiger partial charge in [0, 0.05) is 26.5 Å². The first-order chi connectivity index (χ1) is 7.97. The fourth-order valence-electron chi connectivity index (χ4n) is 1.46. The van der Waals surface area contributed by atoms with Crippen LogP contribution in [0.2, 0.25) is 0 Å². The summed E-state index contributed by atoms with van der Waals surface area (Å²) in [6.07, 6.45) is 1.68. The van der Waals surface area contributed by atoms with Gasteiger partial charge in [0.15, 0.2) is 0 Å². The number of rotatable bonds is 9. The average Bonchev–Trinajstić information content (AvgIpc) is 2.24. The van der Waals surface area contributed by atoms with E-state index in [0.717, 1.165) is 0 Å². The molecule has 100 valence electrons. The van der Waals surface area contributed by atoms with E-state index in [-0.39, 0.29) is 18.4 Å². The maximum absolute atomic E-state index is 11.4. The van der Waals surface area contributed by atoms with E-state index in [1.54, 1.807) is 7.11 Å². The average molecular weight is 245 g/mol. The summed E-state index contributed by atoms with van der Waals surface area (Å²) < 4.78 is 5.23. The van der Waals surface area contributed by atoms with E-state index in [2.05, 4.69) is 5.32 Å². The highest BCUT2D eigenvalue weighted by Crippen LogP contribution is 2.04. The Balaban J connectivity index is 3.61. The Kier molecular flexibility index (Phi) is 8.40. The lowest BCUT2D eigenvalue weighted by atomic mass is 10.1. The number of hydrogen-bond acceptors (Lipinski definition) is 3. The van der Waals surface area contributed by atoms with Crippen molar-refractivity contribution in [2.45, 2.75) is 45.6 Å². The van der Waals surface area contributed by atoms with Crippen molar-refractivity contribution in [2.75, 3.05) is 13.7 Å². The van der Waals surface area contributed by atoms with E-state index in [4.69, 9.17) is 9.84 Å². The minimum absolute atomic E-state index is 0.0259. The molecule has 0 aliphatic heterocycles. The summed E-state index contributed by atoms with van der Waals surface area (Å²) in [4.78, 5) is 21.7. The summed E-state index contributed by atoms with van der Waals surface area (Å²) in [6.45, 7) is 4.58. The quantitative estimate of drug-likeness (QED) is 0.602. The molecule has 0 saturated carbocycles. The van der Waals surface area contributed by atoms with Gasteiger partial charge in [-0.25, -0.2) is 0 Å². The summed E-state index contributed by atoms with van der Waals surface area (Å²) in [6, 6.07) is 0. The summed E-state index contributed by atoms with van der Waals surface area (Å²) >= 11 is 0. The van der Waals surface area contributed by atoms with Gasteiger partial charge in [0.25, 0.3) is 0 Å². The van der Waals surface area contributed by atoms with Crippen molar-refractivity contribution >= 4 is 11.9 Å². The van der Waals surface area contributed by atoms with Crippen LogP contribution >= 0.6 is 0 Å². The molecular formula is C12H23NO4. The lowest BCUT2D eigenvalue weighted by Gasteiger charge is -2.19. The number of nitrogens with one attached hydrogen (secondary N) is 1. The smallest absolute Gasteiger partial charge is 0.303 e. The summed E-state index contributed by atoms with van der Waals surface area (Å²) in [7, 11) is 1.63. The summed E-state index contributed by atoms with van der Waals surface area (Å²) in [5.41, 5.74) is 0. The number of amides is 1. The molecule has 0 saturated heterocycles. The topological polar surface area (TPSA) is 75.6 Å². The molecule has 5 nitrogen and oxygen atoms in total. The molecule has 1 atom stereocenters. The van der Waals surface area contributed by atoms with E-state index in [1.165, 1.54) is 0 Å². The van der Waals surface area contributed by atoms with Crippen LogP contribution in [0.5, 0.6) is 0 Å². The largest absolute Gasteiger partial charge is 0.481 e. The number of carbonyl (C=O) groups is 2. The fourth-order valence-corrected chi connectivity index (χ4v) is 1.46. The van der Waals surface area contributed by atoms with E-state index in [9.17, 15) is 9.59 Å². The van der Waals surface area contributed by atoms with Crippen LogP contribution in [0.15, 0.2) is 0 Å².